The Morgan fingerprint density at radius 1 is 0.574 bits per heavy atom. The van der Waals surface area contributed by atoms with Crippen LogP contribution in [0.4, 0.5) is 5.69 Å². The summed E-state index contributed by atoms with van der Waals surface area (Å²) in [7, 11) is 10.4. The summed E-state index contributed by atoms with van der Waals surface area (Å²) in [5.74, 6) is 0.799. The number of anilines is 1. The van der Waals surface area contributed by atoms with Crippen molar-refractivity contribution in [2.45, 2.75) is 39.3 Å². The van der Waals surface area contributed by atoms with Crippen LogP contribution in [0.5, 0.6) is 5.75 Å². The highest BCUT2D eigenvalue weighted by Crippen LogP contribution is 2.58. The van der Waals surface area contributed by atoms with E-state index in [1.54, 1.807) is 7.11 Å². The summed E-state index contributed by atoms with van der Waals surface area (Å²) in [5, 5.41) is 11.5. The van der Waals surface area contributed by atoms with E-state index in [2.05, 4.69) is 163 Å². The molecule has 68 heavy (non-hydrogen) atoms. The fraction of sp³-hybridized carbons (Fsp3) is 0.414. The number of quaternary nitrogens is 1. The Labute approximate surface area is 404 Å². The van der Waals surface area contributed by atoms with E-state index in [0.717, 1.165) is 34.6 Å². The van der Waals surface area contributed by atoms with Gasteiger partial charge in [-0.3, -0.25) is 0 Å². The van der Waals surface area contributed by atoms with Crippen LogP contribution in [-0.4, -0.2) is 131 Å². The number of nitrogens with zero attached hydrogens (tertiary/aromatic N) is 2. The normalized spacial score (nSPS) is 14.4. The van der Waals surface area contributed by atoms with Crippen molar-refractivity contribution < 1.29 is 42.7 Å². The Balaban J connectivity index is 1.36. The molecule has 1 N–H and O–H groups in total. The van der Waals surface area contributed by atoms with Gasteiger partial charge in [-0.25, -0.2) is 0 Å². The van der Waals surface area contributed by atoms with E-state index in [1.165, 1.54) is 72.0 Å². The molecule has 0 saturated heterocycles. The third-order valence-electron chi connectivity index (χ3n) is 13.2. The van der Waals surface area contributed by atoms with E-state index in [-0.39, 0.29) is 6.61 Å². The Bertz CT molecular complexity index is 2590. The monoisotopic (exact) mass is 926 g/mol. The molecule has 1 unspecified atom stereocenters. The smallest absolute Gasteiger partial charge is 0.142 e. The molecule has 0 aromatic heterocycles. The summed E-state index contributed by atoms with van der Waals surface area (Å²) >= 11 is 0. The number of hydrogen-bond acceptors (Lipinski definition) is 9. The molecule has 0 heterocycles. The zero-order valence-corrected chi connectivity index (χ0v) is 41.7. The number of methoxy groups -OCH3 is 1. The largest absolute Gasteiger partial charge is 0.489 e. The van der Waals surface area contributed by atoms with Crippen LogP contribution in [0.2, 0.25) is 0 Å². The van der Waals surface area contributed by atoms with E-state index in [4.69, 9.17) is 38.3 Å². The predicted octanol–water partition coefficient (Wildman–Crippen LogP) is 9.75. The van der Waals surface area contributed by atoms with Gasteiger partial charge in [0.25, 0.3) is 0 Å². The average Bonchev–Trinajstić information content (AvgIpc) is 3.62. The van der Waals surface area contributed by atoms with E-state index in [9.17, 15) is 0 Å². The maximum Gasteiger partial charge on any atom is 0.142 e. The third-order valence-corrected chi connectivity index (χ3v) is 13.2. The fourth-order valence-corrected chi connectivity index (χ4v) is 9.40. The van der Waals surface area contributed by atoms with Gasteiger partial charge in [0.2, 0.25) is 0 Å². The van der Waals surface area contributed by atoms with Crippen LogP contribution in [0, 0.1) is 13.8 Å². The van der Waals surface area contributed by atoms with Gasteiger partial charge >= 0.3 is 0 Å². The van der Waals surface area contributed by atoms with Crippen molar-refractivity contribution >= 4 is 16.5 Å². The predicted molar refractivity (Wildman–Crippen MR) is 274 cm³/mol. The lowest BCUT2D eigenvalue weighted by Gasteiger charge is -2.36. The Morgan fingerprint density at radius 3 is 1.87 bits per heavy atom. The van der Waals surface area contributed by atoms with Crippen LogP contribution in [0.1, 0.15) is 51.4 Å². The van der Waals surface area contributed by atoms with Crippen molar-refractivity contribution in [3.63, 3.8) is 0 Å². The maximum absolute atomic E-state index is 9.00. The van der Waals surface area contributed by atoms with Gasteiger partial charge in [0.05, 0.1) is 111 Å². The summed E-state index contributed by atoms with van der Waals surface area (Å²) in [6.45, 7) is 14.0. The Morgan fingerprint density at radius 2 is 1.18 bits per heavy atom. The lowest BCUT2D eigenvalue weighted by molar-refractivity contribution is -0.901. The molecule has 0 spiro atoms. The Kier molecular flexibility index (Phi) is 17.8. The van der Waals surface area contributed by atoms with Gasteiger partial charge in [-0.1, -0.05) is 90.5 Å². The molecule has 7 rings (SSSR count). The van der Waals surface area contributed by atoms with Crippen molar-refractivity contribution in [2.75, 3.05) is 126 Å². The molecule has 10 nitrogen and oxygen atoms in total. The molecule has 0 radical (unpaired) electrons. The number of aliphatic hydroxyl groups is 1. The van der Waals surface area contributed by atoms with Crippen LogP contribution in [-0.2, 0) is 47.0 Å². The molecule has 1 aliphatic rings. The summed E-state index contributed by atoms with van der Waals surface area (Å²) in [5.41, 5.74) is 14.9. The number of hydrogen-bond donors (Lipinski definition) is 1. The fourth-order valence-electron chi connectivity index (χ4n) is 9.40. The van der Waals surface area contributed by atoms with Gasteiger partial charge in [0, 0.05) is 26.8 Å². The highest BCUT2D eigenvalue weighted by molar-refractivity contribution is 5.99. The number of aryl methyl sites for hydroxylation is 2. The van der Waals surface area contributed by atoms with E-state index in [0.29, 0.717) is 79.3 Å². The second kappa shape index (κ2) is 23.9. The highest BCUT2D eigenvalue weighted by Gasteiger charge is 2.47. The Hall–Kier alpha value is -5.14. The molecule has 0 saturated carbocycles. The lowest BCUT2D eigenvalue weighted by Crippen LogP contribution is -2.38. The number of benzene rings is 6. The first-order valence-corrected chi connectivity index (χ1v) is 24.1. The summed E-state index contributed by atoms with van der Waals surface area (Å²) < 4.78 is 41.3. The summed E-state index contributed by atoms with van der Waals surface area (Å²) in [6, 6.07) is 41.3. The summed E-state index contributed by atoms with van der Waals surface area (Å²) in [6.07, 6.45) is 0. The van der Waals surface area contributed by atoms with Crippen molar-refractivity contribution in [1.82, 2.24) is 0 Å². The van der Waals surface area contributed by atoms with Gasteiger partial charge in [0.15, 0.2) is 0 Å². The van der Waals surface area contributed by atoms with Crippen LogP contribution in [0.3, 0.4) is 0 Å². The molecule has 0 aliphatic heterocycles. The van der Waals surface area contributed by atoms with Crippen molar-refractivity contribution in [3.8, 4) is 28.0 Å². The van der Waals surface area contributed by atoms with Gasteiger partial charge in [-0.2, -0.15) is 0 Å². The molecule has 0 fully saturated rings. The van der Waals surface area contributed by atoms with Crippen molar-refractivity contribution in [3.05, 3.63) is 154 Å². The van der Waals surface area contributed by atoms with Crippen molar-refractivity contribution in [1.29, 1.82) is 0 Å². The molecular weight excluding hydrogens is 853 g/mol. The quantitative estimate of drug-likeness (QED) is 0.0400. The molecule has 0 amide bonds. The van der Waals surface area contributed by atoms with Crippen molar-refractivity contribution in [2.24, 2.45) is 0 Å². The lowest BCUT2D eigenvalue weighted by atomic mass is 9.66. The minimum atomic E-state index is -0.703. The minimum absolute atomic E-state index is 0.00602. The summed E-state index contributed by atoms with van der Waals surface area (Å²) in [4.78, 5) is 2.15. The van der Waals surface area contributed by atoms with E-state index >= 15 is 0 Å². The van der Waals surface area contributed by atoms with Crippen LogP contribution in [0.15, 0.2) is 109 Å². The number of rotatable bonds is 27. The van der Waals surface area contributed by atoms with Crippen LogP contribution < -0.4 is 9.64 Å². The second-order valence-electron chi connectivity index (χ2n) is 18.6. The average molecular weight is 926 g/mol. The van der Waals surface area contributed by atoms with E-state index < -0.39 is 5.41 Å². The zero-order chi connectivity index (χ0) is 48.1. The highest BCUT2D eigenvalue weighted by atomic mass is 16.6. The first-order valence-electron chi connectivity index (χ1n) is 24.1. The first-order chi connectivity index (χ1) is 33.0. The standard InChI is InChI=1S/C58H73N2O8/c1-9-60(6,7)40-46-37-47(18-16-45(46)41-67-33-32-65-29-28-63-25-24-61)58(48-19-23-57(56(39-48)59(4)5)68-35-34-66-31-30-64-27-26-62-8)54-36-42(2)14-20-52(54)53-22-17-44(38-55(53)58)50-21-15-43(3)49-12-10-11-13-51(49)50/h10-23,36-39,61H,9,24-35,40-41H2,1-8H3/q+1. The molecular formula is C58H73N2O8+. The minimum Gasteiger partial charge on any atom is -0.489 e. The van der Waals surface area contributed by atoms with Crippen LogP contribution >= 0.6 is 0 Å². The topological polar surface area (TPSA) is 88.1 Å². The number of aliphatic hydroxyl groups excluding tert-OH is 1. The molecule has 1 aliphatic carbocycles. The van der Waals surface area contributed by atoms with Gasteiger partial charge < -0.3 is 47.6 Å². The molecule has 6 aromatic rings. The molecule has 6 aromatic carbocycles. The molecule has 1 atom stereocenters. The second-order valence-corrected chi connectivity index (χ2v) is 18.6. The van der Waals surface area contributed by atoms with Gasteiger partial charge in [-0.05, 0) is 111 Å². The SMILES string of the molecule is CC[N+](C)(C)Cc1cc(C2(c3ccc(OCCOCCOCCOC)c(N(C)C)c3)c3cc(C)ccc3-c3ccc(-c4ccc(C)c5ccccc45)cc32)ccc1COCCOCCOCCO. The third kappa shape index (κ3) is 11.6. The van der Waals surface area contributed by atoms with Crippen LogP contribution in [0.25, 0.3) is 33.0 Å². The molecule has 362 valence electrons. The van der Waals surface area contributed by atoms with Gasteiger partial charge in [0.1, 0.15) is 18.9 Å². The van der Waals surface area contributed by atoms with E-state index in [1.807, 2.05) is 0 Å². The maximum atomic E-state index is 9.00. The molecule has 0 bridgehead atoms. The number of fused-ring (bicyclic) bond motifs is 4. The van der Waals surface area contributed by atoms with Gasteiger partial charge in [-0.15, -0.1) is 0 Å². The zero-order valence-electron chi connectivity index (χ0n) is 41.7. The molecule has 10 heteroatoms. The number of ether oxygens (including phenoxy) is 7. The first kappa shape index (κ1) is 50.7.